The third-order valence-corrected chi connectivity index (χ3v) is 6.69. The Balaban J connectivity index is 1.44. The van der Waals surface area contributed by atoms with Crippen LogP contribution < -0.4 is 14.2 Å². The van der Waals surface area contributed by atoms with Gasteiger partial charge in [-0.3, -0.25) is 0 Å². The molecule has 5 heterocycles. The average Bonchev–Trinajstić information content (AvgIpc) is 3.71. The molecule has 10 heteroatoms. The van der Waals surface area contributed by atoms with Crippen molar-refractivity contribution in [3.8, 4) is 40.3 Å². The molecule has 0 aliphatic carbocycles. The van der Waals surface area contributed by atoms with Crippen molar-refractivity contribution in [1.82, 2.24) is 29.4 Å². The Kier molecular flexibility index (Phi) is 4.93. The van der Waals surface area contributed by atoms with E-state index in [1.807, 2.05) is 67.6 Å². The molecule has 0 N–H and O–H groups in total. The Bertz CT molecular complexity index is 1790. The van der Waals surface area contributed by atoms with Crippen molar-refractivity contribution in [1.29, 1.82) is 0 Å². The fourth-order valence-electron chi connectivity index (χ4n) is 4.96. The molecule has 4 aromatic heterocycles. The van der Waals surface area contributed by atoms with E-state index < -0.39 is 0 Å². The number of para-hydroxylation sites is 1. The molecule has 0 spiro atoms. The smallest absolute Gasteiger partial charge is 0.230 e. The van der Waals surface area contributed by atoms with E-state index in [1.165, 1.54) is 0 Å². The van der Waals surface area contributed by atoms with Crippen LogP contribution in [-0.2, 0) is 0 Å². The summed E-state index contributed by atoms with van der Waals surface area (Å²) in [6.07, 6.45) is 3.26. The zero-order valence-electron chi connectivity index (χ0n) is 20.8. The second-order valence-corrected chi connectivity index (χ2v) is 8.84. The number of ether oxygens (including phenoxy) is 3. The van der Waals surface area contributed by atoms with Crippen LogP contribution in [0.5, 0.6) is 23.3 Å². The molecule has 0 amide bonds. The summed E-state index contributed by atoms with van der Waals surface area (Å²) < 4.78 is 26.7. The molecule has 0 saturated carbocycles. The number of rotatable bonds is 5. The minimum Gasteiger partial charge on any atom is -0.493 e. The maximum Gasteiger partial charge on any atom is 0.230 e. The standard InChI is InChI=1S/C28H22N6O4/c1-16-22-23(20-10-7-13-37-20)24-26-30-25(17-11-12-19(35-2)21(14-17)36-3)32-33(26)15-29-27(24)38-28(22)34(31-16)18-8-5-4-6-9-18/h4-15,23H,1-3H3/t23-/m0/s1. The van der Waals surface area contributed by atoms with Crippen molar-refractivity contribution in [2.75, 3.05) is 14.2 Å². The summed E-state index contributed by atoms with van der Waals surface area (Å²) >= 11 is 0. The minimum atomic E-state index is -0.347. The van der Waals surface area contributed by atoms with Crippen molar-refractivity contribution < 1.29 is 18.6 Å². The van der Waals surface area contributed by atoms with Crippen molar-refractivity contribution in [2.45, 2.75) is 12.8 Å². The number of benzene rings is 2. The molecule has 38 heavy (non-hydrogen) atoms. The van der Waals surface area contributed by atoms with Gasteiger partial charge in [-0.15, -0.1) is 5.10 Å². The normalized spacial score (nSPS) is 14.1. The summed E-state index contributed by atoms with van der Waals surface area (Å²) in [4.78, 5) is 9.55. The van der Waals surface area contributed by atoms with Crippen molar-refractivity contribution in [3.63, 3.8) is 0 Å². The van der Waals surface area contributed by atoms with Gasteiger partial charge in [0.05, 0.1) is 48.9 Å². The van der Waals surface area contributed by atoms with E-state index in [-0.39, 0.29) is 5.92 Å². The highest BCUT2D eigenvalue weighted by molar-refractivity contribution is 5.69. The number of aryl methyl sites for hydroxylation is 1. The van der Waals surface area contributed by atoms with Crippen LogP contribution in [0.1, 0.15) is 28.5 Å². The Morgan fingerprint density at radius 1 is 0.895 bits per heavy atom. The van der Waals surface area contributed by atoms with Gasteiger partial charge in [0.15, 0.2) is 23.0 Å². The number of aromatic nitrogens is 6. The Morgan fingerprint density at radius 3 is 2.50 bits per heavy atom. The van der Waals surface area contributed by atoms with Gasteiger partial charge in [0.1, 0.15) is 12.1 Å². The fourth-order valence-corrected chi connectivity index (χ4v) is 4.96. The topological polar surface area (TPSA) is 102 Å². The second kappa shape index (κ2) is 8.48. The summed E-state index contributed by atoms with van der Waals surface area (Å²) in [6.45, 7) is 1.97. The van der Waals surface area contributed by atoms with E-state index in [2.05, 4.69) is 4.98 Å². The number of hydrogen-bond donors (Lipinski definition) is 0. The lowest BCUT2D eigenvalue weighted by Crippen LogP contribution is -2.15. The van der Waals surface area contributed by atoms with Gasteiger partial charge in [0, 0.05) is 5.56 Å². The molecule has 1 aliphatic rings. The van der Waals surface area contributed by atoms with Crippen LogP contribution in [0.4, 0.5) is 0 Å². The fraction of sp³-hybridized carbons (Fsp3) is 0.143. The second-order valence-electron chi connectivity index (χ2n) is 8.84. The highest BCUT2D eigenvalue weighted by Gasteiger charge is 2.39. The van der Waals surface area contributed by atoms with Crippen LogP contribution >= 0.6 is 0 Å². The first-order valence-electron chi connectivity index (χ1n) is 12.0. The quantitative estimate of drug-likeness (QED) is 0.315. The van der Waals surface area contributed by atoms with Gasteiger partial charge in [0.2, 0.25) is 11.8 Å². The van der Waals surface area contributed by atoms with Crippen molar-refractivity contribution in [3.05, 3.63) is 95.8 Å². The molecule has 0 saturated heterocycles. The SMILES string of the molecule is COc1ccc(-c2nc3c4c(ncn3n2)Oc2c(c(C)nn2-c2ccccc2)[C@@H]4c2ccco2)cc1OC. The Hall–Kier alpha value is -5.12. The first-order valence-corrected chi connectivity index (χ1v) is 12.0. The monoisotopic (exact) mass is 506 g/mol. The van der Waals surface area contributed by atoms with Gasteiger partial charge in [-0.25, -0.2) is 19.2 Å². The van der Waals surface area contributed by atoms with Crippen LogP contribution in [0, 0.1) is 6.92 Å². The minimum absolute atomic E-state index is 0.347. The van der Waals surface area contributed by atoms with Crippen LogP contribution in [0.2, 0.25) is 0 Å². The van der Waals surface area contributed by atoms with Crippen LogP contribution in [0.25, 0.3) is 22.7 Å². The Morgan fingerprint density at radius 2 is 1.74 bits per heavy atom. The van der Waals surface area contributed by atoms with Gasteiger partial charge in [-0.2, -0.15) is 5.10 Å². The summed E-state index contributed by atoms with van der Waals surface area (Å²) in [6, 6.07) is 19.2. The molecule has 0 unspecified atom stereocenters. The number of fused-ring (bicyclic) bond motifs is 4. The van der Waals surface area contributed by atoms with E-state index in [9.17, 15) is 0 Å². The molecule has 1 atom stereocenters. The molecule has 2 aromatic carbocycles. The average molecular weight is 507 g/mol. The number of nitrogens with zero attached hydrogens (tertiary/aromatic N) is 6. The number of methoxy groups -OCH3 is 2. The van der Waals surface area contributed by atoms with Crippen molar-refractivity contribution >= 4 is 5.65 Å². The zero-order chi connectivity index (χ0) is 25.8. The zero-order valence-corrected chi connectivity index (χ0v) is 20.8. The lowest BCUT2D eigenvalue weighted by Gasteiger charge is -2.24. The third kappa shape index (κ3) is 3.27. The van der Waals surface area contributed by atoms with E-state index in [0.29, 0.717) is 34.7 Å². The Labute approximate surface area is 217 Å². The van der Waals surface area contributed by atoms with Gasteiger partial charge in [0.25, 0.3) is 0 Å². The molecule has 1 aliphatic heterocycles. The molecule has 0 radical (unpaired) electrons. The van der Waals surface area contributed by atoms with Crippen LogP contribution in [0.3, 0.4) is 0 Å². The molecule has 10 nitrogen and oxygen atoms in total. The summed E-state index contributed by atoms with van der Waals surface area (Å²) in [5, 5.41) is 9.54. The molecule has 0 bridgehead atoms. The van der Waals surface area contributed by atoms with Gasteiger partial charge in [-0.05, 0) is 49.4 Å². The lowest BCUT2D eigenvalue weighted by atomic mass is 9.88. The van der Waals surface area contributed by atoms with E-state index in [0.717, 1.165) is 33.8 Å². The largest absolute Gasteiger partial charge is 0.493 e. The third-order valence-electron chi connectivity index (χ3n) is 6.69. The first kappa shape index (κ1) is 22.1. The maximum absolute atomic E-state index is 6.43. The van der Waals surface area contributed by atoms with Crippen LogP contribution in [0.15, 0.2) is 77.7 Å². The molecular weight excluding hydrogens is 484 g/mol. The van der Waals surface area contributed by atoms with Crippen molar-refractivity contribution in [2.24, 2.45) is 0 Å². The summed E-state index contributed by atoms with van der Waals surface area (Å²) in [7, 11) is 3.20. The lowest BCUT2D eigenvalue weighted by molar-refractivity contribution is 0.355. The van der Waals surface area contributed by atoms with Gasteiger partial charge < -0.3 is 18.6 Å². The molecule has 188 valence electrons. The molecular formula is C28H22N6O4. The summed E-state index contributed by atoms with van der Waals surface area (Å²) in [5.74, 6) is 3.14. The molecule has 7 rings (SSSR count). The van der Waals surface area contributed by atoms with Crippen LogP contribution in [-0.4, -0.2) is 43.6 Å². The predicted octanol–water partition coefficient (Wildman–Crippen LogP) is 5.18. The molecule has 0 fully saturated rings. The predicted molar refractivity (Wildman–Crippen MR) is 137 cm³/mol. The molecule has 6 aromatic rings. The highest BCUT2D eigenvalue weighted by Crippen LogP contribution is 2.49. The van der Waals surface area contributed by atoms with Gasteiger partial charge in [-0.1, -0.05) is 18.2 Å². The highest BCUT2D eigenvalue weighted by atomic mass is 16.5. The number of hydrogen-bond acceptors (Lipinski definition) is 8. The van der Waals surface area contributed by atoms with Gasteiger partial charge >= 0.3 is 0 Å². The summed E-state index contributed by atoms with van der Waals surface area (Å²) in [5.41, 5.74) is 4.74. The van der Waals surface area contributed by atoms with E-state index in [4.69, 9.17) is 33.8 Å². The maximum atomic E-state index is 6.43. The first-order chi connectivity index (χ1) is 18.7. The van der Waals surface area contributed by atoms with E-state index >= 15 is 0 Å². The number of furan rings is 1. The van der Waals surface area contributed by atoms with E-state index in [1.54, 1.807) is 36.0 Å².